The quantitative estimate of drug-likeness (QED) is 0.738. The molecule has 0 bridgehead atoms. The summed E-state index contributed by atoms with van der Waals surface area (Å²) in [5, 5.41) is 0.572. The summed E-state index contributed by atoms with van der Waals surface area (Å²) in [4.78, 5) is 38.2. The maximum Gasteiger partial charge on any atom is 0.374 e. The van der Waals surface area contributed by atoms with Gasteiger partial charge in [-0.2, -0.15) is 0 Å². The molecule has 0 unspecified atom stereocenters. The third-order valence-electron chi connectivity index (χ3n) is 3.45. The minimum atomic E-state index is -0.672. The van der Waals surface area contributed by atoms with Gasteiger partial charge in [0.1, 0.15) is 6.61 Å². The average molecular weight is 327 g/mol. The summed E-state index contributed by atoms with van der Waals surface area (Å²) < 4.78 is 14.8. The van der Waals surface area contributed by atoms with Crippen LogP contribution in [0.1, 0.15) is 26.5 Å². The molecule has 1 N–H and O–H groups in total. The molecule has 0 radical (unpaired) electrons. The van der Waals surface area contributed by atoms with Crippen LogP contribution < -0.4 is 5.56 Å². The van der Waals surface area contributed by atoms with E-state index < -0.39 is 17.5 Å². The van der Waals surface area contributed by atoms with Crippen LogP contribution in [-0.2, 0) is 16.1 Å². The van der Waals surface area contributed by atoms with E-state index in [1.165, 1.54) is 25.5 Å². The fraction of sp³-hybridized carbons (Fsp3) is 0.118. The highest BCUT2D eigenvalue weighted by molar-refractivity contribution is 6.03. The fourth-order valence-electron chi connectivity index (χ4n) is 2.32. The smallest absolute Gasteiger partial charge is 0.374 e. The Morgan fingerprint density at radius 3 is 2.75 bits per heavy atom. The van der Waals surface area contributed by atoms with Crippen LogP contribution in [0, 0.1) is 0 Å². The Balaban J connectivity index is 1.85. The van der Waals surface area contributed by atoms with E-state index >= 15 is 0 Å². The van der Waals surface area contributed by atoms with Crippen LogP contribution in [0.25, 0.3) is 10.9 Å². The summed E-state index contributed by atoms with van der Waals surface area (Å²) >= 11 is 0. The van der Waals surface area contributed by atoms with Gasteiger partial charge in [-0.3, -0.25) is 4.79 Å². The van der Waals surface area contributed by atoms with Crippen LogP contribution in [0.4, 0.5) is 0 Å². The Kier molecular flexibility index (Phi) is 4.15. The molecule has 0 aliphatic rings. The third kappa shape index (κ3) is 2.91. The zero-order chi connectivity index (χ0) is 17.1. The SMILES string of the molecule is COC(=O)c1occc1COC(=O)c1cc(=O)[nH]c2ccccc12. The van der Waals surface area contributed by atoms with Gasteiger partial charge < -0.3 is 18.9 Å². The van der Waals surface area contributed by atoms with Crippen LogP contribution in [0.5, 0.6) is 0 Å². The first kappa shape index (κ1) is 15.5. The summed E-state index contributed by atoms with van der Waals surface area (Å²) in [6.07, 6.45) is 1.30. The number of benzene rings is 1. The van der Waals surface area contributed by atoms with Crippen molar-refractivity contribution in [3.05, 3.63) is 69.9 Å². The number of para-hydroxylation sites is 1. The van der Waals surface area contributed by atoms with Gasteiger partial charge in [0, 0.05) is 22.5 Å². The average Bonchev–Trinajstić information content (AvgIpc) is 3.06. The Morgan fingerprint density at radius 2 is 1.96 bits per heavy atom. The van der Waals surface area contributed by atoms with E-state index in [1.54, 1.807) is 24.3 Å². The van der Waals surface area contributed by atoms with Crippen LogP contribution in [-0.4, -0.2) is 24.0 Å². The second kappa shape index (κ2) is 6.41. The molecule has 2 heterocycles. The van der Waals surface area contributed by atoms with Crippen LogP contribution in [0.15, 0.2) is 51.9 Å². The molecule has 24 heavy (non-hydrogen) atoms. The molecule has 0 fully saturated rings. The van der Waals surface area contributed by atoms with E-state index in [-0.39, 0.29) is 17.9 Å². The molecule has 7 heteroatoms. The van der Waals surface area contributed by atoms with Gasteiger partial charge in [0.05, 0.1) is 18.9 Å². The van der Waals surface area contributed by atoms with Crippen molar-refractivity contribution in [2.45, 2.75) is 6.61 Å². The topological polar surface area (TPSA) is 98.6 Å². The maximum atomic E-state index is 12.3. The van der Waals surface area contributed by atoms with Gasteiger partial charge in [0.15, 0.2) is 0 Å². The van der Waals surface area contributed by atoms with Gasteiger partial charge in [-0.05, 0) is 12.1 Å². The standard InChI is InChI=1S/C17H13NO6/c1-22-17(21)15-10(6-7-23-15)9-24-16(20)12-8-14(19)18-13-5-3-2-4-11(12)13/h2-8H,9H2,1H3,(H,18,19). The van der Waals surface area contributed by atoms with Crippen molar-refractivity contribution in [2.75, 3.05) is 7.11 Å². The van der Waals surface area contributed by atoms with Crippen LogP contribution >= 0.6 is 0 Å². The molecule has 0 atom stereocenters. The molecular formula is C17H13NO6. The van der Waals surface area contributed by atoms with E-state index in [1.807, 2.05) is 0 Å². The Labute approximate surface area is 135 Å². The van der Waals surface area contributed by atoms with Crippen LogP contribution in [0.2, 0.25) is 0 Å². The summed E-state index contributed by atoms with van der Waals surface area (Å²) in [5.74, 6) is -1.36. The lowest BCUT2D eigenvalue weighted by molar-refractivity contribution is 0.0455. The lowest BCUT2D eigenvalue weighted by Crippen LogP contribution is -2.13. The van der Waals surface area contributed by atoms with E-state index in [0.717, 1.165) is 0 Å². The van der Waals surface area contributed by atoms with Crippen molar-refractivity contribution < 1.29 is 23.5 Å². The van der Waals surface area contributed by atoms with Crippen molar-refractivity contribution in [3.63, 3.8) is 0 Å². The molecule has 0 spiro atoms. The summed E-state index contributed by atoms with van der Waals surface area (Å²) in [6, 6.07) is 9.60. The molecule has 0 aliphatic carbocycles. The minimum absolute atomic E-state index is 0.0268. The number of esters is 2. The van der Waals surface area contributed by atoms with E-state index in [2.05, 4.69) is 9.72 Å². The molecule has 0 saturated heterocycles. The maximum absolute atomic E-state index is 12.3. The molecular weight excluding hydrogens is 314 g/mol. The molecule has 0 saturated carbocycles. The lowest BCUT2D eigenvalue weighted by Gasteiger charge is -2.07. The number of ether oxygens (including phenoxy) is 2. The van der Waals surface area contributed by atoms with Gasteiger partial charge in [0.2, 0.25) is 11.3 Å². The first-order valence-electron chi connectivity index (χ1n) is 7.04. The lowest BCUT2D eigenvalue weighted by atomic mass is 10.1. The van der Waals surface area contributed by atoms with Crippen molar-refractivity contribution in [3.8, 4) is 0 Å². The third-order valence-corrected chi connectivity index (χ3v) is 3.45. The van der Waals surface area contributed by atoms with Crippen molar-refractivity contribution in [2.24, 2.45) is 0 Å². The summed E-state index contributed by atoms with van der Waals surface area (Å²) in [6.45, 7) is -0.180. The number of aromatic amines is 1. The van der Waals surface area contributed by atoms with E-state index in [9.17, 15) is 14.4 Å². The highest BCUT2D eigenvalue weighted by atomic mass is 16.5. The number of furan rings is 1. The molecule has 122 valence electrons. The minimum Gasteiger partial charge on any atom is -0.463 e. The summed E-state index contributed by atoms with van der Waals surface area (Å²) in [7, 11) is 1.23. The van der Waals surface area contributed by atoms with Gasteiger partial charge >= 0.3 is 11.9 Å². The van der Waals surface area contributed by atoms with Gasteiger partial charge in [0.25, 0.3) is 0 Å². The largest absolute Gasteiger partial charge is 0.463 e. The first-order chi connectivity index (χ1) is 11.6. The number of carbonyl (C=O) groups excluding carboxylic acids is 2. The van der Waals surface area contributed by atoms with Crippen molar-refractivity contribution in [1.29, 1.82) is 0 Å². The Hall–Kier alpha value is -3.35. The molecule has 3 rings (SSSR count). The normalized spacial score (nSPS) is 10.5. The zero-order valence-corrected chi connectivity index (χ0v) is 12.7. The molecule has 0 aliphatic heterocycles. The molecule has 3 aromatic rings. The number of hydrogen-bond donors (Lipinski definition) is 1. The monoisotopic (exact) mass is 327 g/mol. The second-order valence-corrected chi connectivity index (χ2v) is 4.94. The van der Waals surface area contributed by atoms with Crippen molar-refractivity contribution >= 4 is 22.8 Å². The number of fused-ring (bicyclic) bond motifs is 1. The second-order valence-electron chi connectivity index (χ2n) is 4.94. The molecule has 7 nitrogen and oxygen atoms in total. The number of aromatic nitrogens is 1. The van der Waals surface area contributed by atoms with Gasteiger partial charge in [-0.25, -0.2) is 9.59 Å². The zero-order valence-electron chi connectivity index (χ0n) is 12.7. The molecule has 1 aromatic carbocycles. The number of rotatable bonds is 4. The number of carbonyl (C=O) groups is 2. The first-order valence-corrected chi connectivity index (χ1v) is 7.04. The highest BCUT2D eigenvalue weighted by Gasteiger charge is 2.18. The van der Waals surface area contributed by atoms with Crippen molar-refractivity contribution in [1.82, 2.24) is 4.98 Å². The van der Waals surface area contributed by atoms with E-state index in [0.29, 0.717) is 16.5 Å². The van der Waals surface area contributed by atoms with E-state index in [4.69, 9.17) is 9.15 Å². The number of hydrogen-bond acceptors (Lipinski definition) is 6. The fourth-order valence-corrected chi connectivity index (χ4v) is 2.32. The van der Waals surface area contributed by atoms with Gasteiger partial charge in [-0.15, -0.1) is 0 Å². The Bertz CT molecular complexity index is 968. The van der Waals surface area contributed by atoms with Crippen LogP contribution in [0.3, 0.4) is 0 Å². The number of pyridine rings is 1. The highest BCUT2D eigenvalue weighted by Crippen LogP contribution is 2.18. The number of H-pyrrole nitrogens is 1. The predicted molar refractivity (Wildman–Crippen MR) is 83.7 cm³/mol. The summed E-state index contributed by atoms with van der Waals surface area (Å²) in [5.41, 5.74) is 0.663. The predicted octanol–water partition coefficient (Wildman–Crippen LogP) is 2.26. The Morgan fingerprint density at radius 1 is 1.17 bits per heavy atom. The number of methoxy groups -OCH3 is 1. The molecule has 0 amide bonds. The number of nitrogens with one attached hydrogen (secondary N) is 1. The van der Waals surface area contributed by atoms with Gasteiger partial charge in [-0.1, -0.05) is 18.2 Å². The molecule has 2 aromatic heterocycles.